The first-order chi connectivity index (χ1) is 8.27. The van der Waals surface area contributed by atoms with Crippen LogP contribution in [0.25, 0.3) is 0 Å². The number of carboxylic acid groups (broad SMARTS) is 1. The predicted molar refractivity (Wildman–Crippen MR) is 65.4 cm³/mol. The Bertz CT molecular complexity index is 386. The quantitative estimate of drug-likeness (QED) is 0.840. The number of hydrogen-bond donors (Lipinski definition) is 2. The molecule has 1 heterocycles. The van der Waals surface area contributed by atoms with Crippen LogP contribution in [-0.4, -0.2) is 30.8 Å². The lowest BCUT2D eigenvalue weighted by Crippen LogP contribution is -2.23. The molecule has 0 unspecified atom stereocenters. The molecule has 1 fully saturated rings. The van der Waals surface area contributed by atoms with E-state index in [0.717, 1.165) is 32.6 Å². The first-order valence-electron chi connectivity index (χ1n) is 5.91. The van der Waals surface area contributed by atoms with Crippen molar-refractivity contribution in [1.82, 2.24) is 0 Å². The van der Waals surface area contributed by atoms with Gasteiger partial charge in [0.25, 0.3) is 0 Å². The Morgan fingerprint density at radius 1 is 1.35 bits per heavy atom. The van der Waals surface area contributed by atoms with Crippen molar-refractivity contribution in [3.05, 3.63) is 29.8 Å². The van der Waals surface area contributed by atoms with Crippen LogP contribution < -0.4 is 5.32 Å². The molecule has 4 heteroatoms. The van der Waals surface area contributed by atoms with Crippen molar-refractivity contribution in [3.63, 3.8) is 0 Å². The van der Waals surface area contributed by atoms with E-state index < -0.39 is 5.97 Å². The lowest BCUT2D eigenvalue weighted by molar-refractivity contribution is 0.0689. The molecule has 0 amide bonds. The van der Waals surface area contributed by atoms with Gasteiger partial charge in [0.1, 0.15) is 0 Å². The number of rotatable bonds is 4. The largest absolute Gasteiger partial charge is 0.478 e. The van der Waals surface area contributed by atoms with Gasteiger partial charge < -0.3 is 15.2 Å². The van der Waals surface area contributed by atoms with Gasteiger partial charge in [-0.3, -0.25) is 0 Å². The molecule has 0 saturated carbocycles. The average molecular weight is 235 g/mol. The van der Waals surface area contributed by atoms with Crippen molar-refractivity contribution < 1.29 is 14.6 Å². The third-order valence-corrected chi connectivity index (χ3v) is 3.08. The molecule has 0 aromatic heterocycles. The number of carboxylic acids is 1. The van der Waals surface area contributed by atoms with Crippen molar-refractivity contribution in [3.8, 4) is 0 Å². The summed E-state index contributed by atoms with van der Waals surface area (Å²) in [7, 11) is 0. The number of para-hydroxylation sites is 1. The molecule has 0 spiro atoms. The molecule has 0 aliphatic carbocycles. The Kier molecular flexibility index (Phi) is 3.98. The number of benzene rings is 1. The van der Waals surface area contributed by atoms with Gasteiger partial charge in [-0.2, -0.15) is 0 Å². The fraction of sp³-hybridized carbons (Fsp3) is 0.462. The third kappa shape index (κ3) is 3.20. The average Bonchev–Trinajstić information content (AvgIpc) is 2.38. The highest BCUT2D eigenvalue weighted by atomic mass is 16.5. The molecular weight excluding hydrogens is 218 g/mol. The molecule has 1 aliphatic heterocycles. The normalized spacial score (nSPS) is 16.7. The highest BCUT2D eigenvalue weighted by Crippen LogP contribution is 2.19. The molecule has 4 nitrogen and oxygen atoms in total. The topological polar surface area (TPSA) is 58.6 Å². The molecule has 2 rings (SSSR count). The number of nitrogens with one attached hydrogen (secondary N) is 1. The molecule has 0 bridgehead atoms. The smallest absolute Gasteiger partial charge is 0.337 e. The second kappa shape index (κ2) is 5.68. The minimum absolute atomic E-state index is 0.333. The van der Waals surface area contributed by atoms with E-state index in [0.29, 0.717) is 17.2 Å². The van der Waals surface area contributed by atoms with Crippen LogP contribution in [0.3, 0.4) is 0 Å². The maximum absolute atomic E-state index is 11.0. The summed E-state index contributed by atoms with van der Waals surface area (Å²) in [6.45, 7) is 2.44. The first-order valence-corrected chi connectivity index (χ1v) is 5.91. The van der Waals surface area contributed by atoms with E-state index in [2.05, 4.69) is 5.32 Å². The van der Waals surface area contributed by atoms with Crippen molar-refractivity contribution in [2.75, 3.05) is 25.1 Å². The van der Waals surface area contributed by atoms with Crippen LogP contribution in [0.1, 0.15) is 23.2 Å². The van der Waals surface area contributed by atoms with Gasteiger partial charge in [-0.05, 0) is 30.9 Å². The number of anilines is 1. The van der Waals surface area contributed by atoms with Crippen molar-refractivity contribution >= 4 is 11.7 Å². The monoisotopic (exact) mass is 235 g/mol. The van der Waals surface area contributed by atoms with Crippen molar-refractivity contribution in [1.29, 1.82) is 0 Å². The van der Waals surface area contributed by atoms with E-state index in [1.54, 1.807) is 12.1 Å². The zero-order chi connectivity index (χ0) is 12.1. The zero-order valence-electron chi connectivity index (χ0n) is 9.69. The van der Waals surface area contributed by atoms with Gasteiger partial charge in [0.05, 0.1) is 5.56 Å². The van der Waals surface area contributed by atoms with Gasteiger partial charge in [0, 0.05) is 25.4 Å². The van der Waals surface area contributed by atoms with Crippen LogP contribution in [0, 0.1) is 5.92 Å². The summed E-state index contributed by atoms with van der Waals surface area (Å²) in [5.41, 5.74) is 1.03. The highest BCUT2D eigenvalue weighted by molar-refractivity contribution is 5.94. The standard InChI is InChI=1S/C13H17NO3/c15-13(16)11-3-1-2-4-12(11)14-9-10-5-7-17-8-6-10/h1-4,10,14H,5-9H2,(H,15,16). The Morgan fingerprint density at radius 3 is 2.76 bits per heavy atom. The lowest BCUT2D eigenvalue weighted by Gasteiger charge is -2.23. The summed E-state index contributed by atoms with van der Waals surface area (Å²) in [5.74, 6) is -0.314. The fourth-order valence-electron chi connectivity index (χ4n) is 2.03. The van der Waals surface area contributed by atoms with Gasteiger partial charge in [-0.15, -0.1) is 0 Å². The number of hydrogen-bond acceptors (Lipinski definition) is 3. The number of ether oxygens (including phenoxy) is 1. The minimum Gasteiger partial charge on any atom is -0.478 e. The van der Waals surface area contributed by atoms with Gasteiger partial charge in [0.2, 0.25) is 0 Å². The Balaban J connectivity index is 1.96. The Morgan fingerprint density at radius 2 is 2.06 bits per heavy atom. The van der Waals surface area contributed by atoms with Crippen LogP contribution >= 0.6 is 0 Å². The molecule has 1 aliphatic rings. The van der Waals surface area contributed by atoms with E-state index in [1.165, 1.54) is 0 Å². The van der Waals surface area contributed by atoms with Crippen molar-refractivity contribution in [2.24, 2.45) is 5.92 Å². The second-order valence-electron chi connectivity index (χ2n) is 4.29. The Hall–Kier alpha value is -1.55. The molecule has 2 N–H and O–H groups in total. The maximum Gasteiger partial charge on any atom is 0.337 e. The molecule has 17 heavy (non-hydrogen) atoms. The molecule has 0 atom stereocenters. The Labute approximate surface area is 101 Å². The SMILES string of the molecule is O=C(O)c1ccccc1NCC1CCOCC1. The molecule has 1 saturated heterocycles. The lowest BCUT2D eigenvalue weighted by atomic mass is 10.00. The van der Waals surface area contributed by atoms with E-state index in [1.807, 2.05) is 12.1 Å². The summed E-state index contributed by atoms with van der Waals surface area (Å²) in [5, 5.41) is 12.3. The van der Waals surface area contributed by atoms with Gasteiger partial charge in [0.15, 0.2) is 0 Å². The van der Waals surface area contributed by atoms with Gasteiger partial charge in [-0.1, -0.05) is 12.1 Å². The van der Waals surface area contributed by atoms with Crippen LogP contribution in [-0.2, 0) is 4.74 Å². The van der Waals surface area contributed by atoms with Crippen LogP contribution in [0.2, 0.25) is 0 Å². The van der Waals surface area contributed by atoms with Gasteiger partial charge >= 0.3 is 5.97 Å². The van der Waals surface area contributed by atoms with Crippen LogP contribution in [0.4, 0.5) is 5.69 Å². The maximum atomic E-state index is 11.0. The number of carbonyl (C=O) groups is 1. The molecule has 0 radical (unpaired) electrons. The highest BCUT2D eigenvalue weighted by Gasteiger charge is 2.15. The summed E-state index contributed by atoms with van der Waals surface area (Å²) in [6.07, 6.45) is 2.09. The minimum atomic E-state index is -0.889. The van der Waals surface area contributed by atoms with Crippen molar-refractivity contribution in [2.45, 2.75) is 12.8 Å². The summed E-state index contributed by atoms with van der Waals surface area (Å²) in [4.78, 5) is 11.0. The van der Waals surface area contributed by atoms with Crippen LogP contribution in [0.5, 0.6) is 0 Å². The van der Waals surface area contributed by atoms with E-state index in [9.17, 15) is 4.79 Å². The fourth-order valence-corrected chi connectivity index (χ4v) is 2.03. The molecule has 1 aromatic rings. The molecule has 1 aromatic carbocycles. The third-order valence-electron chi connectivity index (χ3n) is 3.08. The molecule has 92 valence electrons. The first kappa shape index (κ1) is 11.9. The van der Waals surface area contributed by atoms with Gasteiger partial charge in [-0.25, -0.2) is 4.79 Å². The summed E-state index contributed by atoms with van der Waals surface area (Å²) >= 11 is 0. The van der Waals surface area contributed by atoms with E-state index >= 15 is 0 Å². The molecular formula is C13H17NO3. The summed E-state index contributed by atoms with van der Waals surface area (Å²) in [6, 6.07) is 7.01. The summed E-state index contributed by atoms with van der Waals surface area (Å²) < 4.78 is 5.29. The number of aromatic carboxylic acids is 1. The second-order valence-corrected chi connectivity index (χ2v) is 4.29. The zero-order valence-corrected chi connectivity index (χ0v) is 9.69. The predicted octanol–water partition coefficient (Wildman–Crippen LogP) is 2.22. The van der Waals surface area contributed by atoms with E-state index in [4.69, 9.17) is 9.84 Å². The van der Waals surface area contributed by atoms with Crippen LogP contribution in [0.15, 0.2) is 24.3 Å². The van der Waals surface area contributed by atoms with E-state index in [-0.39, 0.29) is 0 Å².